The highest BCUT2D eigenvalue weighted by atomic mass is 35.5. The molecule has 1 aromatic heterocycles. The van der Waals surface area contributed by atoms with Crippen LogP contribution in [0.25, 0.3) is 10.9 Å². The van der Waals surface area contributed by atoms with Crippen molar-refractivity contribution in [2.45, 2.75) is 0 Å². The SMILES string of the molecule is N#CCOc1ccc(NC(=O)c2[nH]c3ccccc3c2Cl)cc1. The molecule has 0 aliphatic heterocycles. The van der Waals surface area contributed by atoms with Gasteiger partial charge in [0.15, 0.2) is 6.61 Å². The predicted molar refractivity (Wildman–Crippen MR) is 88.8 cm³/mol. The van der Waals surface area contributed by atoms with Crippen LogP contribution in [0, 0.1) is 11.3 Å². The van der Waals surface area contributed by atoms with Crippen LogP contribution in [0.2, 0.25) is 5.02 Å². The number of nitriles is 1. The lowest BCUT2D eigenvalue weighted by atomic mass is 10.2. The third-order valence-corrected chi connectivity index (χ3v) is 3.68. The molecule has 0 atom stereocenters. The van der Waals surface area contributed by atoms with Gasteiger partial charge in [0.05, 0.1) is 5.02 Å². The van der Waals surface area contributed by atoms with Gasteiger partial charge in [-0.3, -0.25) is 4.79 Å². The minimum absolute atomic E-state index is 0.0175. The molecule has 1 amide bonds. The van der Waals surface area contributed by atoms with Crippen molar-refractivity contribution in [1.29, 1.82) is 5.26 Å². The lowest BCUT2D eigenvalue weighted by molar-refractivity contribution is 0.102. The number of hydrogen-bond acceptors (Lipinski definition) is 3. The van der Waals surface area contributed by atoms with E-state index >= 15 is 0 Å². The van der Waals surface area contributed by atoms with Crippen molar-refractivity contribution < 1.29 is 9.53 Å². The zero-order valence-electron chi connectivity index (χ0n) is 12.0. The first-order chi connectivity index (χ1) is 11.2. The second-order valence-electron chi connectivity index (χ2n) is 4.78. The maximum atomic E-state index is 12.4. The second-order valence-corrected chi connectivity index (χ2v) is 5.16. The van der Waals surface area contributed by atoms with E-state index in [-0.39, 0.29) is 12.5 Å². The molecule has 0 aliphatic carbocycles. The van der Waals surface area contributed by atoms with Crippen molar-refractivity contribution in [1.82, 2.24) is 4.98 Å². The number of amides is 1. The molecule has 0 bridgehead atoms. The summed E-state index contributed by atoms with van der Waals surface area (Å²) in [4.78, 5) is 15.4. The molecule has 2 aromatic carbocycles. The Morgan fingerprint density at radius 3 is 2.65 bits per heavy atom. The summed E-state index contributed by atoms with van der Waals surface area (Å²) in [7, 11) is 0. The van der Waals surface area contributed by atoms with E-state index in [1.165, 1.54) is 0 Å². The summed E-state index contributed by atoms with van der Waals surface area (Å²) < 4.78 is 5.16. The summed E-state index contributed by atoms with van der Waals surface area (Å²) in [5.74, 6) is 0.241. The number of aromatic amines is 1. The zero-order chi connectivity index (χ0) is 16.2. The molecule has 3 rings (SSSR count). The fourth-order valence-electron chi connectivity index (χ4n) is 2.21. The number of hydrogen-bond donors (Lipinski definition) is 2. The number of carbonyl (C=O) groups is 1. The number of aromatic nitrogens is 1. The van der Waals surface area contributed by atoms with Crippen molar-refractivity contribution in [3.05, 3.63) is 59.2 Å². The number of fused-ring (bicyclic) bond motifs is 1. The maximum absolute atomic E-state index is 12.4. The van der Waals surface area contributed by atoms with Crippen LogP contribution in [-0.2, 0) is 0 Å². The van der Waals surface area contributed by atoms with Crippen LogP contribution in [0.5, 0.6) is 5.75 Å². The summed E-state index contributed by atoms with van der Waals surface area (Å²) in [6, 6.07) is 16.1. The van der Waals surface area contributed by atoms with Gasteiger partial charge in [-0.2, -0.15) is 5.26 Å². The largest absolute Gasteiger partial charge is 0.479 e. The van der Waals surface area contributed by atoms with Crippen LogP contribution in [-0.4, -0.2) is 17.5 Å². The molecule has 0 spiro atoms. The number of nitrogens with one attached hydrogen (secondary N) is 2. The molecule has 1 heterocycles. The van der Waals surface area contributed by atoms with Crippen LogP contribution in [0.15, 0.2) is 48.5 Å². The Bertz CT molecular complexity index is 894. The summed E-state index contributed by atoms with van der Waals surface area (Å²) in [5, 5.41) is 12.4. The Hall–Kier alpha value is -2.97. The van der Waals surface area contributed by atoms with E-state index in [1.54, 1.807) is 24.3 Å². The Kier molecular flexibility index (Phi) is 4.18. The first-order valence-corrected chi connectivity index (χ1v) is 7.24. The van der Waals surface area contributed by atoms with Crippen molar-refractivity contribution in [2.75, 3.05) is 11.9 Å². The van der Waals surface area contributed by atoms with Crippen LogP contribution >= 0.6 is 11.6 Å². The molecule has 23 heavy (non-hydrogen) atoms. The molecule has 5 nitrogen and oxygen atoms in total. The minimum Gasteiger partial charge on any atom is -0.479 e. The van der Waals surface area contributed by atoms with Crippen LogP contribution in [0.3, 0.4) is 0 Å². The van der Waals surface area contributed by atoms with Crippen molar-refractivity contribution in [3.8, 4) is 11.8 Å². The summed E-state index contributed by atoms with van der Waals surface area (Å²) >= 11 is 6.26. The standard InChI is InChI=1S/C17H12ClN3O2/c18-15-13-3-1-2-4-14(13)21-16(15)17(22)20-11-5-7-12(8-6-11)23-10-9-19/h1-8,21H,10H2,(H,20,22). The fraction of sp³-hybridized carbons (Fsp3) is 0.0588. The molecule has 0 fully saturated rings. The van der Waals surface area contributed by atoms with Gasteiger partial charge in [-0.1, -0.05) is 29.8 Å². The smallest absolute Gasteiger partial charge is 0.273 e. The monoisotopic (exact) mass is 325 g/mol. The normalized spacial score (nSPS) is 10.3. The lowest BCUT2D eigenvalue weighted by Crippen LogP contribution is -2.12. The van der Waals surface area contributed by atoms with Crippen LogP contribution in [0.1, 0.15) is 10.5 Å². The lowest BCUT2D eigenvalue weighted by Gasteiger charge is -2.06. The third-order valence-electron chi connectivity index (χ3n) is 3.29. The third kappa shape index (κ3) is 3.12. The molecular formula is C17H12ClN3O2. The Labute approximate surface area is 137 Å². The molecule has 114 valence electrons. The Morgan fingerprint density at radius 1 is 1.22 bits per heavy atom. The van der Waals surface area contributed by atoms with Gasteiger partial charge in [0.25, 0.3) is 5.91 Å². The number of para-hydroxylation sites is 1. The minimum atomic E-state index is -0.322. The number of halogens is 1. The highest BCUT2D eigenvalue weighted by Crippen LogP contribution is 2.28. The van der Waals surface area contributed by atoms with E-state index < -0.39 is 0 Å². The number of anilines is 1. The zero-order valence-corrected chi connectivity index (χ0v) is 12.7. The average molecular weight is 326 g/mol. The van der Waals surface area contributed by atoms with Crippen molar-refractivity contribution in [3.63, 3.8) is 0 Å². The van der Waals surface area contributed by atoms with Gasteiger partial charge in [-0.25, -0.2) is 0 Å². The number of ether oxygens (including phenoxy) is 1. The first-order valence-electron chi connectivity index (χ1n) is 6.86. The van der Waals surface area contributed by atoms with E-state index in [0.29, 0.717) is 22.2 Å². The molecule has 0 unspecified atom stereocenters. The first kappa shape index (κ1) is 14.9. The molecular weight excluding hydrogens is 314 g/mol. The molecule has 0 saturated carbocycles. The quantitative estimate of drug-likeness (QED) is 0.761. The molecule has 0 radical (unpaired) electrons. The highest BCUT2D eigenvalue weighted by molar-refractivity contribution is 6.39. The number of benzene rings is 2. The molecule has 2 N–H and O–H groups in total. The fourth-order valence-corrected chi connectivity index (χ4v) is 2.51. The number of rotatable bonds is 4. The van der Waals surface area contributed by atoms with Gasteiger partial charge < -0.3 is 15.0 Å². The molecule has 0 saturated heterocycles. The average Bonchev–Trinajstić information content (AvgIpc) is 2.92. The topological polar surface area (TPSA) is 77.9 Å². The summed E-state index contributed by atoms with van der Waals surface area (Å²) in [6.07, 6.45) is 0. The van der Waals surface area contributed by atoms with Gasteiger partial charge in [0.1, 0.15) is 17.5 Å². The van der Waals surface area contributed by atoms with Gasteiger partial charge >= 0.3 is 0 Å². The van der Waals surface area contributed by atoms with Gasteiger partial charge in [-0.05, 0) is 30.3 Å². The summed E-state index contributed by atoms with van der Waals surface area (Å²) in [5.41, 5.74) is 1.73. The molecule has 0 aliphatic rings. The van der Waals surface area contributed by atoms with E-state index in [4.69, 9.17) is 21.6 Å². The van der Waals surface area contributed by atoms with E-state index in [9.17, 15) is 4.79 Å². The van der Waals surface area contributed by atoms with Gasteiger partial charge in [0.2, 0.25) is 0 Å². The Balaban J connectivity index is 1.78. The van der Waals surface area contributed by atoms with Gasteiger partial charge in [-0.15, -0.1) is 0 Å². The number of H-pyrrole nitrogens is 1. The maximum Gasteiger partial charge on any atom is 0.273 e. The summed E-state index contributed by atoms with van der Waals surface area (Å²) in [6.45, 7) is -0.0175. The molecule has 6 heteroatoms. The second kappa shape index (κ2) is 6.42. The number of nitrogens with zero attached hydrogens (tertiary/aromatic N) is 1. The predicted octanol–water partition coefficient (Wildman–Crippen LogP) is 3.98. The van der Waals surface area contributed by atoms with Crippen LogP contribution < -0.4 is 10.1 Å². The number of carbonyl (C=O) groups excluding carboxylic acids is 1. The molecule has 3 aromatic rings. The van der Waals surface area contributed by atoms with Gasteiger partial charge in [0, 0.05) is 16.6 Å². The van der Waals surface area contributed by atoms with Crippen molar-refractivity contribution in [2.24, 2.45) is 0 Å². The van der Waals surface area contributed by atoms with E-state index in [0.717, 1.165) is 10.9 Å². The van der Waals surface area contributed by atoms with Crippen LogP contribution in [0.4, 0.5) is 5.69 Å². The van der Waals surface area contributed by atoms with E-state index in [2.05, 4.69) is 10.3 Å². The van der Waals surface area contributed by atoms with E-state index in [1.807, 2.05) is 30.3 Å². The Morgan fingerprint density at radius 2 is 1.96 bits per heavy atom. The van der Waals surface area contributed by atoms with Crippen molar-refractivity contribution >= 4 is 34.1 Å². The highest BCUT2D eigenvalue weighted by Gasteiger charge is 2.16.